The zero-order chi connectivity index (χ0) is 27.4. The molecule has 13 nitrogen and oxygen atoms in total. The molecule has 0 spiro atoms. The van der Waals surface area contributed by atoms with Gasteiger partial charge in [-0.3, -0.25) is 9.59 Å². The third kappa shape index (κ3) is 6.96. The summed E-state index contributed by atoms with van der Waals surface area (Å²) in [5.74, 6) is -1.73. The van der Waals surface area contributed by atoms with Crippen LogP contribution in [0.4, 0.5) is 0 Å². The summed E-state index contributed by atoms with van der Waals surface area (Å²) in [6, 6.07) is 0. The van der Waals surface area contributed by atoms with Crippen molar-refractivity contribution in [3.63, 3.8) is 0 Å². The molecule has 4 rings (SSSR count). The number of fused-ring (bicyclic) bond motifs is 1. The lowest BCUT2D eigenvalue weighted by Crippen LogP contribution is -2.42. The Morgan fingerprint density at radius 1 is 1.11 bits per heavy atom. The van der Waals surface area contributed by atoms with Crippen LogP contribution in [0.2, 0.25) is 0 Å². The second kappa shape index (κ2) is 12.2. The van der Waals surface area contributed by atoms with E-state index >= 15 is 0 Å². The number of hydrogen-bond acceptors (Lipinski definition) is 12. The van der Waals surface area contributed by atoms with Crippen molar-refractivity contribution >= 4 is 11.9 Å². The van der Waals surface area contributed by atoms with Crippen LogP contribution in [0.5, 0.6) is 0 Å². The number of aromatic nitrogens is 3. The van der Waals surface area contributed by atoms with Gasteiger partial charge in [0.2, 0.25) is 0 Å². The molecule has 1 N–H and O–H groups in total. The first-order valence-electron chi connectivity index (χ1n) is 12.9. The molecule has 4 heterocycles. The van der Waals surface area contributed by atoms with Crippen LogP contribution < -0.4 is 0 Å². The van der Waals surface area contributed by atoms with Crippen molar-refractivity contribution in [3.8, 4) is 0 Å². The van der Waals surface area contributed by atoms with E-state index in [-0.39, 0.29) is 13.2 Å². The van der Waals surface area contributed by atoms with E-state index < -0.39 is 60.8 Å². The average Bonchev–Trinajstić information content (AvgIpc) is 3.45. The van der Waals surface area contributed by atoms with Gasteiger partial charge in [-0.15, -0.1) is 5.10 Å². The van der Waals surface area contributed by atoms with Crippen LogP contribution in [-0.2, 0) is 62.1 Å². The van der Waals surface area contributed by atoms with E-state index in [0.29, 0.717) is 13.0 Å². The molecule has 2 saturated heterocycles. The molecule has 1 aromatic rings. The Kier molecular flexibility index (Phi) is 9.16. The first-order valence-corrected chi connectivity index (χ1v) is 12.9. The lowest BCUT2D eigenvalue weighted by Gasteiger charge is -2.31. The highest BCUT2D eigenvalue weighted by Crippen LogP contribution is 2.37. The summed E-state index contributed by atoms with van der Waals surface area (Å²) in [6.07, 6.45) is 0.782. The second-order valence-electron chi connectivity index (χ2n) is 9.97. The van der Waals surface area contributed by atoms with Crippen LogP contribution in [0.1, 0.15) is 52.4 Å². The smallest absolute Gasteiger partial charge is 0.303 e. The molecule has 1 aromatic heterocycles. The van der Waals surface area contributed by atoms with Crippen molar-refractivity contribution in [3.05, 3.63) is 23.5 Å². The van der Waals surface area contributed by atoms with E-state index in [4.69, 9.17) is 33.2 Å². The minimum Gasteiger partial charge on any atom is -0.463 e. The summed E-state index contributed by atoms with van der Waals surface area (Å²) >= 11 is 0. The highest BCUT2D eigenvalue weighted by molar-refractivity contribution is 5.66. The van der Waals surface area contributed by atoms with Crippen molar-refractivity contribution in [1.82, 2.24) is 15.0 Å². The van der Waals surface area contributed by atoms with Gasteiger partial charge in [0.1, 0.15) is 37.1 Å². The molecule has 38 heavy (non-hydrogen) atoms. The van der Waals surface area contributed by atoms with Crippen molar-refractivity contribution in [2.75, 3.05) is 13.2 Å². The van der Waals surface area contributed by atoms with Gasteiger partial charge < -0.3 is 38.3 Å². The molecule has 0 radical (unpaired) electrons. The summed E-state index contributed by atoms with van der Waals surface area (Å²) in [6.45, 7) is 8.76. The first-order chi connectivity index (χ1) is 18.1. The Labute approximate surface area is 221 Å². The molecule has 7 atom stereocenters. The highest BCUT2D eigenvalue weighted by Gasteiger charge is 2.54. The van der Waals surface area contributed by atoms with Gasteiger partial charge >= 0.3 is 11.9 Å². The highest BCUT2D eigenvalue weighted by atomic mass is 16.8. The number of nitrogens with zero attached hydrogens (tertiary/aromatic N) is 3. The number of carbonyl (C=O) groups is 2. The standard InChI is InChI=1S/C25H37N3O10/c1-6-7-17-16(26-27-28(17)12-19-22(31)23-24(36-19)38-25(4,5)37-23)10-11-32-21-9-8-18(34-15(3)30)20(35-21)13-33-14(2)29/h8-9,18-24,31H,6-7,10-13H2,1-5H3/t18-,19+,20+,21-,22-,23-,24-/m0/s1. The number of esters is 2. The monoisotopic (exact) mass is 539 g/mol. The van der Waals surface area contributed by atoms with Crippen LogP contribution in [0, 0.1) is 0 Å². The molecule has 0 saturated carbocycles. The second-order valence-corrected chi connectivity index (χ2v) is 9.97. The summed E-state index contributed by atoms with van der Waals surface area (Å²) in [4.78, 5) is 22.6. The van der Waals surface area contributed by atoms with E-state index in [1.54, 1.807) is 30.7 Å². The molecule has 2 fully saturated rings. The number of aliphatic hydroxyl groups is 1. The van der Waals surface area contributed by atoms with Gasteiger partial charge in [0.05, 0.1) is 24.5 Å². The molecule has 0 unspecified atom stereocenters. The predicted octanol–water partition coefficient (Wildman–Crippen LogP) is 0.803. The van der Waals surface area contributed by atoms with Crippen LogP contribution >= 0.6 is 0 Å². The van der Waals surface area contributed by atoms with Gasteiger partial charge in [0, 0.05) is 20.3 Å². The Morgan fingerprint density at radius 2 is 1.89 bits per heavy atom. The quantitative estimate of drug-likeness (QED) is 0.313. The Bertz CT molecular complexity index is 1010. The fourth-order valence-corrected chi connectivity index (χ4v) is 4.73. The van der Waals surface area contributed by atoms with E-state index in [0.717, 1.165) is 24.2 Å². The Morgan fingerprint density at radius 3 is 2.58 bits per heavy atom. The largest absolute Gasteiger partial charge is 0.463 e. The summed E-state index contributed by atoms with van der Waals surface area (Å²) in [7, 11) is 0. The van der Waals surface area contributed by atoms with Gasteiger partial charge in [0.15, 0.2) is 18.4 Å². The fourth-order valence-electron chi connectivity index (χ4n) is 4.73. The average molecular weight is 540 g/mol. The van der Waals surface area contributed by atoms with Crippen LogP contribution in [0.25, 0.3) is 0 Å². The summed E-state index contributed by atoms with van der Waals surface area (Å²) < 4.78 is 41.2. The van der Waals surface area contributed by atoms with Crippen LogP contribution in [-0.4, -0.2) is 94.1 Å². The number of carbonyl (C=O) groups excluding carboxylic acids is 2. The zero-order valence-electron chi connectivity index (χ0n) is 22.4. The lowest BCUT2D eigenvalue weighted by atomic mass is 10.1. The number of aliphatic hydroxyl groups excluding tert-OH is 1. The summed E-state index contributed by atoms with van der Waals surface area (Å²) in [5.41, 5.74) is 1.72. The third-order valence-electron chi connectivity index (χ3n) is 6.38. The SMILES string of the molecule is CCCc1c(CCO[C@@H]2C=C[C@H](OC(C)=O)[C@@H](COC(C)=O)O2)nnn1C[C@H]1O[C@H]2OC(C)(C)O[C@H]2[C@H]1O. The van der Waals surface area contributed by atoms with Crippen molar-refractivity contribution in [2.45, 2.75) is 109 Å². The maximum atomic E-state index is 11.4. The molecule has 0 amide bonds. The minimum absolute atomic E-state index is 0.0726. The van der Waals surface area contributed by atoms with Gasteiger partial charge in [-0.25, -0.2) is 4.68 Å². The lowest BCUT2D eigenvalue weighted by molar-refractivity contribution is -0.216. The van der Waals surface area contributed by atoms with E-state index in [2.05, 4.69) is 17.2 Å². The van der Waals surface area contributed by atoms with Crippen LogP contribution in [0.3, 0.4) is 0 Å². The molecule has 0 aliphatic carbocycles. The fraction of sp³-hybridized carbons (Fsp3) is 0.760. The van der Waals surface area contributed by atoms with Gasteiger partial charge in [-0.2, -0.15) is 0 Å². The van der Waals surface area contributed by atoms with Crippen molar-refractivity contribution in [2.24, 2.45) is 0 Å². The van der Waals surface area contributed by atoms with Crippen molar-refractivity contribution < 1.29 is 47.9 Å². The molecular weight excluding hydrogens is 502 g/mol. The Hall–Kier alpha value is -2.42. The van der Waals surface area contributed by atoms with Gasteiger partial charge in [0.25, 0.3) is 0 Å². The van der Waals surface area contributed by atoms with Crippen molar-refractivity contribution in [1.29, 1.82) is 0 Å². The molecule has 212 valence electrons. The number of rotatable bonds is 11. The number of hydrogen-bond donors (Lipinski definition) is 1. The molecular formula is C25H37N3O10. The normalized spacial score (nSPS) is 31.8. The van der Waals surface area contributed by atoms with Crippen LogP contribution in [0.15, 0.2) is 12.2 Å². The maximum Gasteiger partial charge on any atom is 0.303 e. The minimum atomic E-state index is -0.849. The molecule has 0 aromatic carbocycles. The van der Waals surface area contributed by atoms with Gasteiger partial charge in [-0.1, -0.05) is 18.6 Å². The molecule has 13 heteroatoms. The molecule has 0 bridgehead atoms. The topological polar surface area (TPSA) is 150 Å². The Balaban J connectivity index is 1.33. The molecule has 3 aliphatic heterocycles. The van der Waals surface area contributed by atoms with E-state index in [9.17, 15) is 14.7 Å². The first kappa shape index (κ1) is 28.6. The summed E-state index contributed by atoms with van der Waals surface area (Å²) in [5, 5.41) is 19.4. The molecule has 3 aliphatic rings. The maximum absolute atomic E-state index is 11.4. The van der Waals surface area contributed by atoms with E-state index in [1.165, 1.54) is 13.8 Å². The van der Waals surface area contributed by atoms with E-state index in [1.807, 2.05) is 0 Å². The number of ether oxygens (including phenoxy) is 7. The van der Waals surface area contributed by atoms with Gasteiger partial charge in [-0.05, 0) is 32.4 Å². The predicted molar refractivity (Wildman–Crippen MR) is 128 cm³/mol. The third-order valence-corrected chi connectivity index (χ3v) is 6.38. The zero-order valence-corrected chi connectivity index (χ0v) is 22.4.